The number of nitrogens with zero attached hydrogens (tertiary/aromatic N) is 1. The summed E-state index contributed by atoms with van der Waals surface area (Å²) in [6.07, 6.45) is 3.05. The second kappa shape index (κ2) is 5.68. The van der Waals surface area contributed by atoms with Crippen molar-refractivity contribution in [3.05, 3.63) is 42.1 Å². The first-order chi connectivity index (χ1) is 9.40. The Kier molecular flexibility index (Phi) is 3.76. The van der Waals surface area contributed by atoms with Gasteiger partial charge in [-0.05, 0) is 30.7 Å². The number of nitrogens with one attached hydrogen (secondary N) is 1. The van der Waals surface area contributed by atoms with Crippen LogP contribution in [0.15, 0.2) is 36.5 Å². The zero-order valence-electron chi connectivity index (χ0n) is 11.3. The van der Waals surface area contributed by atoms with Gasteiger partial charge in [0.1, 0.15) is 0 Å². The number of fused-ring (bicyclic) bond motifs is 1. The van der Waals surface area contributed by atoms with E-state index in [4.69, 9.17) is 4.74 Å². The number of aromatic nitrogens is 1. The third-order valence-electron chi connectivity index (χ3n) is 3.88. The number of hydrogen-bond donors (Lipinski definition) is 1. The van der Waals surface area contributed by atoms with E-state index in [0.717, 1.165) is 31.7 Å². The van der Waals surface area contributed by atoms with Crippen LogP contribution in [0.4, 0.5) is 0 Å². The van der Waals surface area contributed by atoms with Gasteiger partial charge in [-0.3, -0.25) is 4.98 Å². The van der Waals surface area contributed by atoms with Crippen LogP contribution in [-0.4, -0.2) is 24.7 Å². The largest absolute Gasteiger partial charge is 0.381 e. The maximum atomic E-state index is 5.56. The molecule has 1 fully saturated rings. The van der Waals surface area contributed by atoms with Crippen molar-refractivity contribution >= 4 is 10.9 Å². The average molecular weight is 256 g/mol. The van der Waals surface area contributed by atoms with Gasteiger partial charge >= 0.3 is 0 Å². The van der Waals surface area contributed by atoms with Crippen LogP contribution >= 0.6 is 0 Å². The predicted molar refractivity (Wildman–Crippen MR) is 77.1 cm³/mol. The van der Waals surface area contributed by atoms with Crippen molar-refractivity contribution in [2.45, 2.75) is 19.4 Å². The van der Waals surface area contributed by atoms with Crippen LogP contribution in [0.1, 0.15) is 24.9 Å². The number of rotatable bonds is 4. The molecule has 19 heavy (non-hydrogen) atoms. The highest BCUT2D eigenvalue weighted by Gasteiger charge is 2.27. The molecule has 3 heteroatoms. The van der Waals surface area contributed by atoms with Gasteiger partial charge in [-0.2, -0.15) is 0 Å². The van der Waals surface area contributed by atoms with Crippen LogP contribution in [0.25, 0.3) is 10.9 Å². The molecule has 0 amide bonds. The average Bonchev–Trinajstić information content (AvgIpc) is 2.98. The number of benzene rings is 1. The molecular formula is C16H20N2O. The SMILES string of the molecule is CCNC(c1ccnc2ccccc12)C1CCOC1. The molecule has 3 rings (SSSR count). The van der Waals surface area contributed by atoms with Gasteiger partial charge < -0.3 is 10.1 Å². The van der Waals surface area contributed by atoms with Gasteiger partial charge in [0.25, 0.3) is 0 Å². The fourth-order valence-corrected chi connectivity index (χ4v) is 2.96. The Balaban J connectivity index is 2.03. The highest BCUT2D eigenvalue weighted by molar-refractivity contribution is 5.82. The summed E-state index contributed by atoms with van der Waals surface area (Å²) < 4.78 is 5.56. The molecule has 2 aromatic rings. The van der Waals surface area contributed by atoms with Crippen molar-refractivity contribution in [1.82, 2.24) is 10.3 Å². The molecule has 0 radical (unpaired) electrons. The van der Waals surface area contributed by atoms with Gasteiger partial charge in [0.2, 0.25) is 0 Å². The molecule has 2 atom stereocenters. The molecule has 3 nitrogen and oxygen atoms in total. The Hall–Kier alpha value is -1.45. The first-order valence-corrected chi connectivity index (χ1v) is 7.05. The minimum atomic E-state index is 0.361. The van der Waals surface area contributed by atoms with Crippen LogP contribution in [0, 0.1) is 5.92 Å². The molecule has 0 saturated carbocycles. The molecule has 2 unspecified atom stereocenters. The zero-order chi connectivity index (χ0) is 13.1. The fraction of sp³-hybridized carbons (Fsp3) is 0.438. The van der Waals surface area contributed by atoms with Gasteiger partial charge in [-0.1, -0.05) is 25.1 Å². The molecule has 0 spiro atoms. The fourth-order valence-electron chi connectivity index (χ4n) is 2.96. The van der Waals surface area contributed by atoms with E-state index in [1.165, 1.54) is 10.9 Å². The van der Waals surface area contributed by atoms with Crippen molar-refractivity contribution in [2.75, 3.05) is 19.8 Å². The lowest BCUT2D eigenvalue weighted by molar-refractivity contribution is 0.177. The van der Waals surface area contributed by atoms with Crippen molar-refractivity contribution in [3.8, 4) is 0 Å². The number of para-hydroxylation sites is 1. The van der Waals surface area contributed by atoms with Gasteiger partial charge in [0.05, 0.1) is 12.1 Å². The van der Waals surface area contributed by atoms with E-state index in [-0.39, 0.29) is 0 Å². The Labute approximate surface area is 114 Å². The summed E-state index contributed by atoms with van der Waals surface area (Å²) in [7, 11) is 0. The van der Waals surface area contributed by atoms with E-state index in [9.17, 15) is 0 Å². The second-order valence-corrected chi connectivity index (χ2v) is 5.08. The lowest BCUT2D eigenvalue weighted by atomic mass is 9.90. The topological polar surface area (TPSA) is 34.2 Å². The summed E-state index contributed by atoms with van der Waals surface area (Å²) >= 11 is 0. The van der Waals surface area contributed by atoms with Crippen molar-refractivity contribution in [1.29, 1.82) is 0 Å². The van der Waals surface area contributed by atoms with E-state index in [0.29, 0.717) is 12.0 Å². The smallest absolute Gasteiger partial charge is 0.0705 e. The van der Waals surface area contributed by atoms with Crippen LogP contribution in [0.3, 0.4) is 0 Å². The Morgan fingerprint density at radius 2 is 2.26 bits per heavy atom. The summed E-state index contributed by atoms with van der Waals surface area (Å²) in [6, 6.07) is 10.9. The second-order valence-electron chi connectivity index (χ2n) is 5.08. The first kappa shape index (κ1) is 12.6. The summed E-state index contributed by atoms with van der Waals surface area (Å²) in [4.78, 5) is 4.45. The predicted octanol–water partition coefficient (Wildman–Crippen LogP) is 2.92. The molecule has 2 heterocycles. The minimum absolute atomic E-state index is 0.361. The van der Waals surface area contributed by atoms with Gasteiger partial charge in [-0.15, -0.1) is 0 Å². The molecule has 1 aliphatic rings. The van der Waals surface area contributed by atoms with Gasteiger partial charge in [0.15, 0.2) is 0 Å². The third kappa shape index (κ3) is 2.48. The summed E-state index contributed by atoms with van der Waals surface area (Å²) in [5.74, 6) is 0.561. The van der Waals surface area contributed by atoms with Crippen molar-refractivity contribution in [3.63, 3.8) is 0 Å². The van der Waals surface area contributed by atoms with Crippen molar-refractivity contribution in [2.24, 2.45) is 5.92 Å². The Bertz CT molecular complexity index is 544. The zero-order valence-corrected chi connectivity index (χ0v) is 11.3. The molecule has 1 N–H and O–H groups in total. The van der Waals surface area contributed by atoms with Gasteiger partial charge in [-0.25, -0.2) is 0 Å². The Morgan fingerprint density at radius 1 is 1.37 bits per heavy atom. The number of ether oxygens (including phenoxy) is 1. The quantitative estimate of drug-likeness (QED) is 0.913. The molecule has 100 valence electrons. The van der Waals surface area contributed by atoms with Crippen LogP contribution in [0.5, 0.6) is 0 Å². The molecule has 0 bridgehead atoms. The summed E-state index contributed by atoms with van der Waals surface area (Å²) in [5.41, 5.74) is 2.42. The number of pyridine rings is 1. The summed E-state index contributed by atoms with van der Waals surface area (Å²) in [5, 5.41) is 4.88. The highest BCUT2D eigenvalue weighted by Crippen LogP contribution is 2.32. The molecule has 1 aromatic carbocycles. The van der Waals surface area contributed by atoms with Crippen LogP contribution in [-0.2, 0) is 4.74 Å². The molecule has 1 aromatic heterocycles. The number of hydrogen-bond acceptors (Lipinski definition) is 3. The lowest BCUT2D eigenvalue weighted by Gasteiger charge is -2.25. The lowest BCUT2D eigenvalue weighted by Crippen LogP contribution is -2.28. The minimum Gasteiger partial charge on any atom is -0.381 e. The molecule has 1 saturated heterocycles. The van der Waals surface area contributed by atoms with E-state index in [2.05, 4.69) is 41.5 Å². The van der Waals surface area contributed by atoms with E-state index >= 15 is 0 Å². The summed E-state index contributed by atoms with van der Waals surface area (Å²) in [6.45, 7) is 4.87. The maximum absolute atomic E-state index is 5.56. The molecular weight excluding hydrogens is 236 g/mol. The maximum Gasteiger partial charge on any atom is 0.0705 e. The van der Waals surface area contributed by atoms with Crippen molar-refractivity contribution < 1.29 is 4.74 Å². The van der Waals surface area contributed by atoms with Gasteiger partial charge in [0, 0.05) is 30.1 Å². The molecule has 0 aliphatic carbocycles. The highest BCUT2D eigenvalue weighted by atomic mass is 16.5. The van der Waals surface area contributed by atoms with E-state index in [1.54, 1.807) is 0 Å². The van der Waals surface area contributed by atoms with Crippen LogP contribution in [0.2, 0.25) is 0 Å². The molecule has 1 aliphatic heterocycles. The van der Waals surface area contributed by atoms with Crippen LogP contribution < -0.4 is 5.32 Å². The monoisotopic (exact) mass is 256 g/mol. The normalized spacial score (nSPS) is 20.8. The standard InChI is InChI=1S/C16H20N2O/c1-2-17-16(12-8-10-19-11-12)14-7-9-18-15-6-4-3-5-13(14)15/h3-7,9,12,16-17H,2,8,10-11H2,1H3. The van der Waals surface area contributed by atoms with E-state index in [1.807, 2.05) is 12.3 Å². The Morgan fingerprint density at radius 3 is 3.05 bits per heavy atom. The van der Waals surface area contributed by atoms with E-state index < -0.39 is 0 Å². The first-order valence-electron chi connectivity index (χ1n) is 7.05. The third-order valence-corrected chi connectivity index (χ3v) is 3.88.